The van der Waals surface area contributed by atoms with Crippen LogP contribution in [-0.4, -0.2) is 46.9 Å². The molecule has 3 N–H and O–H groups in total. The van der Waals surface area contributed by atoms with E-state index in [4.69, 9.17) is 4.74 Å². The first-order valence-corrected chi connectivity index (χ1v) is 27.4. The molecule has 0 aliphatic heterocycles. The van der Waals surface area contributed by atoms with Crippen molar-refractivity contribution in [3.8, 4) is 0 Å². The highest BCUT2D eigenvalue weighted by molar-refractivity contribution is 5.77. The highest BCUT2D eigenvalue weighted by atomic mass is 16.5. The second-order valence-corrected chi connectivity index (χ2v) is 18.7. The van der Waals surface area contributed by atoms with Crippen LogP contribution >= 0.6 is 0 Å². The number of ether oxygens (including phenoxy) is 1. The highest BCUT2D eigenvalue weighted by Crippen LogP contribution is 2.19. The van der Waals surface area contributed by atoms with Crippen molar-refractivity contribution in [2.75, 3.05) is 6.61 Å². The first kappa shape index (κ1) is 60.8. The van der Waals surface area contributed by atoms with Crippen LogP contribution in [0.25, 0.3) is 0 Å². The summed E-state index contributed by atoms with van der Waals surface area (Å²) >= 11 is 0. The van der Waals surface area contributed by atoms with Gasteiger partial charge in [-0.2, -0.15) is 0 Å². The average Bonchev–Trinajstić information content (AvgIpc) is 3.28. The van der Waals surface area contributed by atoms with E-state index in [2.05, 4.69) is 56.5 Å². The van der Waals surface area contributed by atoms with Crippen molar-refractivity contribution in [2.24, 2.45) is 0 Å². The lowest BCUT2D eigenvalue weighted by atomic mass is 10.0. The summed E-state index contributed by atoms with van der Waals surface area (Å²) in [5.41, 5.74) is 0. The number of carbonyl (C=O) groups excluding carboxylic acids is 2. The highest BCUT2D eigenvalue weighted by Gasteiger charge is 2.24. The van der Waals surface area contributed by atoms with Crippen LogP contribution in [0.5, 0.6) is 0 Å². The summed E-state index contributed by atoms with van der Waals surface area (Å²) in [6.45, 7) is 6.37. The molecule has 0 aromatic carbocycles. The number of amides is 1. The van der Waals surface area contributed by atoms with Gasteiger partial charge < -0.3 is 20.3 Å². The number of carbonyl (C=O) groups is 2. The summed E-state index contributed by atoms with van der Waals surface area (Å²) in [5.74, 6) is -0.489. The normalized spacial score (nSPS) is 13.5. The minimum atomic E-state index is -0.791. The van der Waals surface area contributed by atoms with Gasteiger partial charge in [-0.25, -0.2) is 0 Å². The SMILES string of the molecule is CC/C=C/C=C/C=C/C=C\CCCCCCCC(=O)OC(CCCCCCCCCCCCCCC)CC(=O)NC(CO)C(O)CCCCCCCCCCCCCCCCCC. The van der Waals surface area contributed by atoms with Crippen LogP contribution < -0.4 is 5.32 Å². The minimum Gasteiger partial charge on any atom is -0.462 e. The number of allylic oxidation sites excluding steroid dienone is 8. The molecule has 0 aliphatic rings. The van der Waals surface area contributed by atoms with Crippen LogP contribution in [-0.2, 0) is 14.3 Å². The Kier molecular flexibility index (Phi) is 49.1. The Morgan fingerprint density at radius 1 is 0.476 bits per heavy atom. The average molecular weight is 884 g/mol. The van der Waals surface area contributed by atoms with E-state index in [1.165, 1.54) is 161 Å². The van der Waals surface area contributed by atoms with E-state index in [0.29, 0.717) is 19.3 Å². The first-order chi connectivity index (χ1) is 31.0. The Bertz CT molecular complexity index is 1080. The number of nitrogens with one attached hydrogen (secondary N) is 1. The zero-order valence-corrected chi connectivity index (χ0v) is 42.0. The third-order valence-electron chi connectivity index (χ3n) is 12.5. The maximum absolute atomic E-state index is 13.2. The third-order valence-corrected chi connectivity index (χ3v) is 12.5. The van der Waals surface area contributed by atoms with Crippen molar-refractivity contribution < 1.29 is 24.5 Å². The second kappa shape index (κ2) is 50.8. The zero-order valence-electron chi connectivity index (χ0n) is 42.0. The summed E-state index contributed by atoms with van der Waals surface area (Å²) in [4.78, 5) is 26.2. The number of aliphatic hydroxyl groups is 2. The molecule has 63 heavy (non-hydrogen) atoms. The van der Waals surface area contributed by atoms with Crippen LogP contribution in [0.2, 0.25) is 0 Å². The molecule has 0 rings (SSSR count). The van der Waals surface area contributed by atoms with E-state index >= 15 is 0 Å². The minimum absolute atomic E-state index is 0.0706. The fourth-order valence-corrected chi connectivity index (χ4v) is 8.38. The number of esters is 1. The monoisotopic (exact) mass is 884 g/mol. The molecule has 0 bridgehead atoms. The summed E-state index contributed by atoms with van der Waals surface area (Å²) in [6, 6.07) is -0.705. The zero-order chi connectivity index (χ0) is 45.9. The molecule has 0 radical (unpaired) electrons. The maximum atomic E-state index is 13.2. The van der Waals surface area contributed by atoms with Crippen molar-refractivity contribution in [1.29, 1.82) is 0 Å². The van der Waals surface area contributed by atoms with Gasteiger partial charge in [0.25, 0.3) is 0 Å². The molecule has 0 saturated heterocycles. The van der Waals surface area contributed by atoms with Gasteiger partial charge in [0.15, 0.2) is 0 Å². The van der Waals surface area contributed by atoms with Crippen LogP contribution in [0.1, 0.15) is 278 Å². The number of hydrogen-bond donors (Lipinski definition) is 3. The molecule has 0 aromatic heterocycles. The molecule has 368 valence electrons. The van der Waals surface area contributed by atoms with Crippen LogP contribution in [0.3, 0.4) is 0 Å². The van der Waals surface area contributed by atoms with Gasteiger partial charge in [-0.3, -0.25) is 9.59 Å². The van der Waals surface area contributed by atoms with Gasteiger partial charge in [0.05, 0.1) is 25.2 Å². The van der Waals surface area contributed by atoms with E-state index in [0.717, 1.165) is 70.6 Å². The molecule has 0 fully saturated rings. The van der Waals surface area contributed by atoms with E-state index in [9.17, 15) is 19.8 Å². The van der Waals surface area contributed by atoms with Gasteiger partial charge in [0.2, 0.25) is 5.91 Å². The summed E-state index contributed by atoms with van der Waals surface area (Å²) in [5, 5.41) is 23.8. The van der Waals surface area contributed by atoms with Crippen LogP contribution in [0.15, 0.2) is 48.6 Å². The summed E-state index contributed by atoms with van der Waals surface area (Å²) < 4.78 is 5.94. The van der Waals surface area contributed by atoms with Gasteiger partial charge in [0, 0.05) is 6.42 Å². The van der Waals surface area contributed by atoms with Crippen molar-refractivity contribution in [1.82, 2.24) is 5.32 Å². The molecule has 0 saturated carbocycles. The van der Waals surface area contributed by atoms with Crippen molar-refractivity contribution >= 4 is 11.9 Å². The fourth-order valence-electron chi connectivity index (χ4n) is 8.38. The fraction of sp³-hybridized carbons (Fsp3) is 0.825. The molecule has 0 spiro atoms. The summed E-state index contributed by atoms with van der Waals surface area (Å²) in [7, 11) is 0. The molecule has 0 aromatic rings. The Morgan fingerprint density at radius 3 is 1.30 bits per heavy atom. The molecule has 0 heterocycles. The quantitative estimate of drug-likeness (QED) is 0.0321. The van der Waals surface area contributed by atoms with Gasteiger partial charge in [-0.1, -0.05) is 268 Å². The number of hydrogen-bond acceptors (Lipinski definition) is 5. The number of unbranched alkanes of at least 4 members (excludes halogenated alkanes) is 32. The van der Waals surface area contributed by atoms with Crippen molar-refractivity contribution in [3.05, 3.63) is 48.6 Å². The van der Waals surface area contributed by atoms with Gasteiger partial charge in [-0.05, 0) is 44.9 Å². The lowest BCUT2D eigenvalue weighted by Crippen LogP contribution is -2.46. The smallest absolute Gasteiger partial charge is 0.306 e. The van der Waals surface area contributed by atoms with Gasteiger partial charge in [-0.15, -0.1) is 0 Å². The molecule has 1 amide bonds. The lowest BCUT2D eigenvalue weighted by Gasteiger charge is -2.24. The number of aliphatic hydroxyl groups excluding tert-OH is 2. The topological polar surface area (TPSA) is 95.9 Å². The maximum Gasteiger partial charge on any atom is 0.306 e. The largest absolute Gasteiger partial charge is 0.462 e. The predicted octanol–water partition coefficient (Wildman–Crippen LogP) is 16.6. The van der Waals surface area contributed by atoms with Crippen molar-refractivity contribution in [2.45, 2.75) is 296 Å². The van der Waals surface area contributed by atoms with Crippen LogP contribution in [0, 0.1) is 0 Å². The third kappa shape index (κ3) is 46.2. The summed E-state index contributed by atoms with van der Waals surface area (Å²) in [6.07, 6.45) is 61.7. The molecule has 3 unspecified atom stereocenters. The van der Waals surface area contributed by atoms with E-state index < -0.39 is 18.2 Å². The van der Waals surface area contributed by atoms with Crippen LogP contribution in [0.4, 0.5) is 0 Å². The van der Waals surface area contributed by atoms with Gasteiger partial charge in [0.1, 0.15) is 6.10 Å². The van der Waals surface area contributed by atoms with E-state index in [-0.39, 0.29) is 24.9 Å². The van der Waals surface area contributed by atoms with Gasteiger partial charge >= 0.3 is 5.97 Å². The second-order valence-electron chi connectivity index (χ2n) is 18.7. The Labute approximate surface area is 391 Å². The first-order valence-electron chi connectivity index (χ1n) is 27.4. The predicted molar refractivity (Wildman–Crippen MR) is 273 cm³/mol. The molecule has 6 nitrogen and oxygen atoms in total. The molecular weight excluding hydrogens is 779 g/mol. The van der Waals surface area contributed by atoms with E-state index in [1.54, 1.807) is 0 Å². The Balaban J connectivity index is 4.54. The number of rotatable bonds is 49. The molecule has 6 heteroatoms. The Hall–Kier alpha value is -2.18. The standard InChI is InChI=1S/C57H105NO5/c1-4-7-10-13-16-19-22-25-27-29-31-34-37-40-43-46-49-55(60)54(52-59)58-56(61)51-53(48-45-42-39-36-33-30-24-21-18-15-12-9-6-3)63-57(62)50-47-44-41-38-35-32-28-26-23-20-17-14-11-8-5-2/h8,11,14,17,20,23,26,28,53-55,59-60H,4-7,9-10,12-13,15-16,18-19,21-22,24-25,27,29-52H2,1-3H3,(H,58,61)/b11-8+,17-14+,23-20+,28-26-. The van der Waals surface area contributed by atoms with E-state index in [1.807, 2.05) is 18.2 Å². The lowest BCUT2D eigenvalue weighted by molar-refractivity contribution is -0.151. The Morgan fingerprint density at radius 2 is 0.857 bits per heavy atom. The van der Waals surface area contributed by atoms with Crippen molar-refractivity contribution in [3.63, 3.8) is 0 Å². The molecular formula is C57H105NO5. The molecule has 3 atom stereocenters. The molecule has 0 aliphatic carbocycles.